The molecule has 2 rings (SSSR count). The molecule has 0 saturated carbocycles. The van der Waals surface area contributed by atoms with Gasteiger partial charge >= 0.3 is 12.6 Å². The Morgan fingerprint density at radius 1 is 1.36 bits per heavy atom. The molecular weight excluding hydrogens is 314 g/mol. The lowest BCUT2D eigenvalue weighted by atomic mass is 10.2. The number of benzene rings is 1. The van der Waals surface area contributed by atoms with Crippen molar-refractivity contribution in [1.82, 2.24) is 4.90 Å². The zero-order valence-electron chi connectivity index (χ0n) is 12.3. The molecular formula is C14H18F2N2O3S. The Morgan fingerprint density at radius 3 is 2.55 bits per heavy atom. The van der Waals surface area contributed by atoms with Gasteiger partial charge < -0.3 is 15.0 Å². The summed E-state index contributed by atoms with van der Waals surface area (Å²) in [5.41, 5.74) is 0.483. The summed E-state index contributed by atoms with van der Waals surface area (Å²) < 4.78 is 39.8. The maximum absolute atomic E-state index is 12.2. The second-order valence-corrected chi connectivity index (χ2v) is 7.77. The van der Waals surface area contributed by atoms with Crippen molar-refractivity contribution in [3.05, 3.63) is 24.3 Å². The van der Waals surface area contributed by atoms with Gasteiger partial charge in [-0.2, -0.15) is 8.78 Å². The average Bonchev–Trinajstić information content (AvgIpc) is 2.43. The predicted octanol–water partition coefficient (Wildman–Crippen LogP) is 2.66. The van der Waals surface area contributed by atoms with E-state index in [4.69, 9.17) is 0 Å². The molecule has 1 saturated heterocycles. The highest BCUT2D eigenvalue weighted by atomic mass is 32.2. The van der Waals surface area contributed by atoms with Crippen molar-refractivity contribution in [2.75, 3.05) is 24.2 Å². The topological polar surface area (TPSA) is 58.6 Å². The quantitative estimate of drug-likeness (QED) is 0.926. The summed E-state index contributed by atoms with van der Waals surface area (Å²) in [6, 6.07) is 5.40. The van der Waals surface area contributed by atoms with Gasteiger partial charge in [-0.1, -0.05) is 0 Å². The molecule has 1 N–H and O–H groups in total. The molecule has 8 heteroatoms. The van der Waals surface area contributed by atoms with Crippen LogP contribution in [0.4, 0.5) is 19.3 Å². The van der Waals surface area contributed by atoms with Gasteiger partial charge in [-0.25, -0.2) is 4.79 Å². The van der Waals surface area contributed by atoms with Crippen LogP contribution in [0.15, 0.2) is 24.3 Å². The first-order chi connectivity index (χ1) is 10.3. The third-order valence-electron chi connectivity index (χ3n) is 3.35. The van der Waals surface area contributed by atoms with Crippen molar-refractivity contribution in [1.29, 1.82) is 0 Å². The van der Waals surface area contributed by atoms with Crippen molar-refractivity contribution >= 4 is 22.5 Å². The van der Waals surface area contributed by atoms with E-state index < -0.39 is 22.2 Å². The van der Waals surface area contributed by atoms with Crippen LogP contribution in [-0.2, 0) is 10.8 Å². The van der Waals surface area contributed by atoms with Crippen LogP contribution >= 0.6 is 0 Å². The van der Waals surface area contributed by atoms with Crippen molar-refractivity contribution in [3.63, 3.8) is 0 Å². The minimum atomic E-state index is -2.88. The molecule has 0 aromatic heterocycles. The number of nitrogens with zero attached hydrogens (tertiary/aromatic N) is 1. The van der Waals surface area contributed by atoms with Crippen LogP contribution in [0.1, 0.15) is 13.8 Å². The number of carbonyl (C=O) groups is 1. The maximum Gasteiger partial charge on any atom is 0.387 e. The summed E-state index contributed by atoms with van der Waals surface area (Å²) in [6.07, 6.45) is 0. The van der Waals surface area contributed by atoms with E-state index in [-0.39, 0.29) is 11.8 Å². The number of urea groups is 1. The Morgan fingerprint density at radius 2 is 2.00 bits per heavy atom. The molecule has 1 aromatic carbocycles. The van der Waals surface area contributed by atoms with E-state index in [9.17, 15) is 17.8 Å². The van der Waals surface area contributed by atoms with Crippen molar-refractivity contribution in [2.24, 2.45) is 0 Å². The monoisotopic (exact) mass is 332 g/mol. The van der Waals surface area contributed by atoms with Crippen LogP contribution in [0.25, 0.3) is 0 Å². The summed E-state index contributed by atoms with van der Waals surface area (Å²) >= 11 is 0. The Bertz CT molecular complexity index is 564. The molecule has 1 unspecified atom stereocenters. The van der Waals surface area contributed by atoms with Gasteiger partial charge in [0, 0.05) is 35.3 Å². The first-order valence-corrected chi connectivity index (χ1v) is 8.09. The van der Waals surface area contributed by atoms with E-state index in [1.165, 1.54) is 24.3 Å². The van der Waals surface area contributed by atoms with E-state index in [1.807, 2.05) is 13.8 Å². The van der Waals surface area contributed by atoms with E-state index in [2.05, 4.69) is 10.1 Å². The molecule has 1 fully saturated rings. The zero-order valence-corrected chi connectivity index (χ0v) is 13.2. The maximum atomic E-state index is 12.2. The number of nitrogens with one attached hydrogen (secondary N) is 1. The smallest absolute Gasteiger partial charge is 0.387 e. The highest BCUT2D eigenvalue weighted by Crippen LogP contribution is 2.22. The highest BCUT2D eigenvalue weighted by Gasteiger charge is 2.35. The van der Waals surface area contributed by atoms with Gasteiger partial charge in [-0.3, -0.25) is 4.21 Å². The summed E-state index contributed by atoms with van der Waals surface area (Å²) in [5, 5.41) is 2.69. The van der Waals surface area contributed by atoms with Gasteiger partial charge in [0.2, 0.25) is 0 Å². The highest BCUT2D eigenvalue weighted by molar-refractivity contribution is 7.86. The first kappa shape index (κ1) is 16.7. The number of carbonyl (C=O) groups excluding carboxylic acids is 1. The number of halogens is 2. The fraction of sp³-hybridized carbons (Fsp3) is 0.500. The standard InChI is InChI=1S/C14H18F2N2O3S/c1-14(2)9-18(7-8-22(14)20)13(19)17-10-3-5-11(6-4-10)21-12(15)16/h3-6,12H,7-9H2,1-2H3,(H,17,19). The van der Waals surface area contributed by atoms with Crippen LogP contribution < -0.4 is 10.1 Å². The third-order valence-corrected chi connectivity index (χ3v) is 5.27. The fourth-order valence-corrected chi connectivity index (χ4v) is 3.41. The van der Waals surface area contributed by atoms with Gasteiger partial charge in [-0.15, -0.1) is 0 Å². The minimum Gasteiger partial charge on any atom is -0.435 e. The molecule has 1 heterocycles. The average molecular weight is 332 g/mol. The Balaban J connectivity index is 1.96. The molecule has 2 amide bonds. The van der Waals surface area contributed by atoms with Crippen LogP contribution in [0.2, 0.25) is 0 Å². The van der Waals surface area contributed by atoms with Crippen LogP contribution in [-0.4, -0.2) is 45.3 Å². The molecule has 0 bridgehead atoms. The number of ether oxygens (including phenoxy) is 1. The number of amides is 2. The Hall–Kier alpha value is -1.70. The van der Waals surface area contributed by atoms with Crippen LogP contribution in [0, 0.1) is 0 Å². The number of hydrogen-bond donors (Lipinski definition) is 1. The molecule has 0 spiro atoms. The van der Waals surface area contributed by atoms with E-state index in [0.717, 1.165) is 0 Å². The Labute approximate surface area is 130 Å². The van der Waals surface area contributed by atoms with Gasteiger partial charge in [-0.05, 0) is 38.1 Å². The van der Waals surface area contributed by atoms with Crippen molar-refractivity contribution < 1.29 is 22.5 Å². The molecule has 22 heavy (non-hydrogen) atoms. The fourth-order valence-electron chi connectivity index (χ4n) is 2.18. The molecule has 1 aliphatic rings. The van der Waals surface area contributed by atoms with E-state index in [1.54, 1.807) is 4.90 Å². The molecule has 122 valence electrons. The number of alkyl halides is 2. The van der Waals surface area contributed by atoms with Gasteiger partial charge in [0.25, 0.3) is 0 Å². The second-order valence-electron chi connectivity index (χ2n) is 5.56. The summed E-state index contributed by atoms with van der Waals surface area (Å²) in [7, 11) is -0.952. The van der Waals surface area contributed by atoms with E-state index in [0.29, 0.717) is 24.5 Å². The lowest BCUT2D eigenvalue weighted by molar-refractivity contribution is -0.0498. The minimum absolute atomic E-state index is 0.0301. The molecule has 1 aliphatic heterocycles. The van der Waals surface area contributed by atoms with Crippen molar-refractivity contribution in [2.45, 2.75) is 25.2 Å². The molecule has 5 nitrogen and oxygen atoms in total. The van der Waals surface area contributed by atoms with Gasteiger partial charge in [0.1, 0.15) is 5.75 Å². The number of anilines is 1. The second kappa shape index (κ2) is 6.60. The lowest BCUT2D eigenvalue weighted by Crippen LogP contribution is -2.53. The van der Waals surface area contributed by atoms with Crippen molar-refractivity contribution in [3.8, 4) is 5.75 Å². The van der Waals surface area contributed by atoms with E-state index >= 15 is 0 Å². The molecule has 0 radical (unpaired) electrons. The Kier molecular flexibility index (Phi) is 5.00. The zero-order chi connectivity index (χ0) is 16.3. The summed E-state index contributed by atoms with van der Waals surface area (Å²) in [4.78, 5) is 13.8. The summed E-state index contributed by atoms with van der Waals surface area (Å²) in [6.45, 7) is 1.67. The third kappa shape index (κ3) is 4.16. The predicted molar refractivity (Wildman–Crippen MR) is 80.8 cm³/mol. The van der Waals surface area contributed by atoms with Gasteiger partial charge in [0.05, 0.1) is 4.75 Å². The molecule has 1 atom stereocenters. The number of hydrogen-bond acceptors (Lipinski definition) is 3. The van der Waals surface area contributed by atoms with Crippen LogP contribution in [0.5, 0.6) is 5.75 Å². The molecule has 1 aromatic rings. The number of rotatable bonds is 3. The van der Waals surface area contributed by atoms with Crippen LogP contribution in [0.3, 0.4) is 0 Å². The van der Waals surface area contributed by atoms with Gasteiger partial charge in [0.15, 0.2) is 0 Å². The summed E-state index contributed by atoms with van der Waals surface area (Å²) in [5.74, 6) is 0.476. The molecule has 0 aliphatic carbocycles. The first-order valence-electron chi connectivity index (χ1n) is 6.77. The SMILES string of the molecule is CC1(C)CN(C(=O)Nc2ccc(OC(F)F)cc2)CCS1=O. The normalized spacial score (nSPS) is 20.8. The lowest BCUT2D eigenvalue weighted by Gasteiger charge is -2.37. The largest absolute Gasteiger partial charge is 0.435 e.